The Balaban J connectivity index is 2.63. The predicted molar refractivity (Wildman–Crippen MR) is 63.1 cm³/mol. The van der Waals surface area contributed by atoms with Gasteiger partial charge in [0.2, 0.25) is 0 Å². The van der Waals surface area contributed by atoms with Gasteiger partial charge >= 0.3 is 0 Å². The standard InChI is InChI=1S/C12H17NO4/c1-3-13-12(15)8-17-10-5-4-9(7-14)11(6-10)16-2/h4-6,14H,3,7-8H2,1-2H3,(H,13,15). The Hall–Kier alpha value is -1.75. The topological polar surface area (TPSA) is 67.8 Å². The number of methoxy groups -OCH3 is 1. The molecular weight excluding hydrogens is 222 g/mol. The fourth-order valence-corrected chi connectivity index (χ4v) is 1.34. The lowest BCUT2D eigenvalue weighted by molar-refractivity contribution is -0.122. The third kappa shape index (κ3) is 3.96. The van der Waals surface area contributed by atoms with Crippen LogP contribution in [0.15, 0.2) is 18.2 Å². The Kier molecular flexibility index (Phi) is 5.29. The van der Waals surface area contributed by atoms with E-state index in [2.05, 4.69) is 5.32 Å². The van der Waals surface area contributed by atoms with E-state index >= 15 is 0 Å². The lowest BCUT2D eigenvalue weighted by Gasteiger charge is -2.10. The smallest absolute Gasteiger partial charge is 0.257 e. The lowest BCUT2D eigenvalue weighted by atomic mass is 10.2. The maximum Gasteiger partial charge on any atom is 0.257 e. The minimum Gasteiger partial charge on any atom is -0.496 e. The number of carbonyl (C=O) groups excluding carboxylic acids is 1. The van der Waals surface area contributed by atoms with Gasteiger partial charge in [-0.2, -0.15) is 0 Å². The summed E-state index contributed by atoms with van der Waals surface area (Å²) in [5.41, 5.74) is 0.679. The van der Waals surface area contributed by atoms with Crippen molar-refractivity contribution >= 4 is 5.91 Å². The first kappa shape index (κ1) is 13.3. The minimum absolute atomic E-state index is 0.0323. The van der Waals surface area contributed by atoms with Gasteiger partial charge in [0.15, 0.2) is 6.61 Å². The number of nitrogens with one attached hydrogen (secondary N) is 1. The first-order valence-electron chi connectivity index (χ1n) is 5.38. The molecule has 5 nitrogen and oxygen atoms in total. The number of ether oxygens (including phenoxy) is 2. The molecule has 0 radical (unpaired) electrons. The summed E-state index contributed by atoms with van der Waals surface area (Å²) in [7, 11) is 1.52. The second-order valence-corrected chi connectivity index (χ2v) is 3.37. The minimum atomic E-state index is -0.169. The molecule has 0 spiro atoms. The van der Waals surface area contributed by atoms with Crippen LogP contribution >= 0.6 is 0 Å². The van der Waals surface area contributed by atoms with Crippen molar-refractivity contribution in [3.05, 3.63) is 23.8 Å². The Morgan fingerprint density at radius 1 is 1.47 bits per heavy atom. The van der Waals surface area contributed by atoms with E-state index in [4.69, 9.17) is 14.6 Å². The van der Waals surface area contributed by atoms with Crippen molar-refractivity contribution < 1.29 is 19.4 Å². The van der Waals surface area contributed by atoms with Crippen LogP contribution in [0.2, 0.25) is 0 Å². The Bertz CT molecular complexity index is 379. The maximum absolute atomic E-state index is 11.2. The highest BCUT2D eigenvalue weighted by atomic mass is 16.5. The third-order valence-corrected chi connectivity index (χ3v) is 2.17. The molecule has 0 heterocycles. The van der Waals surface area contributed by atoms with E-state index in [0.717, 1.165) is 0 Å². The van der Waals surface area contributed by atoms with E-state index in [1.807, 2.05) is 6.92 Å². The molecule has 1 aromatic carbocycles. The van der Waals surface area contributed by atoms with Crippen LogP contribution in [-0.2, 0) is 11.4 Å². The van der Waals surface area contributed by atoms with Crippen molar-refractivity contribution in [2.45, 2.75) is 13.5 Å². The van der Waals surface area contributed by atoms with Crippen LogP contribution in [0.5, 0.6) is 11.5 Å². The van der Waals surface area contributed by atoms with Crippen molar-refractivity contribution in [2.24, 2.45) is 0 Å². The molecule has 0 fully saturated rings. The van der Waals surface area contributed by atoms with Gasteiger partial charge in [0.1, 0.15) is 11.5 Å². The normalized spacial score (nSPS) is 9.82. The molecule has 5 heteroatoms. The van der Waals surface area contributed by atoms with Crippen molar-refractivity contribution in [2.75, 3.05) is 20.3 Å². The molecule has 1 rings (SSSR count). The number of hydrogen-bond donors (Lipinski definition) is 2. The van der Waals surface area contributed by atoms with Crippen LogP contribution in [0.25, 0.3) is 0 Å². The fourth-order valence-electron chi connectivity index (χ4n) is 1.34. The predicted octanol–water partition coefficient (Wildman–Crippen LogP) is 0.702. The highest BCUT2D eigenvalue weighted by molar-refractivity contribution is 5.77. The molecule has 1 aromatic rings. The zero-order valence-corrected chi connectivity index (χ0v) is 10.0. The molecule has 0 aliphatic heterocycles. The molecule has 2 N–H and O–H groups in total. The van der Waals surface area contributed by atoms with Crippen LogP contribution in [0, 0.1) is 0 Å². The zero-order valence-electron chi connectivity index (χ0n) is 10.0. The number of amides is 1. The van der Waals surface area contributed by atoms with E-state index < -0.39 is 0 Å². The summed E-state index contributed by atoms with van der Waals surface area (Å²) in [4.78, 5) is 11.2. The van der Waals surface area contributed by atoms with Gasteiger partial charge in [-0.3, -0.25) is 4.79 Å². The number of likely N-dealkylation sites (N-methyl/N-ethyl adjacent to an activating group) is 1. The number of aliphatic hydroxyl groups is 1. The summed E-state index contributed by atoms with van der Waals surface area (Å²) >= 11 is 0. The third-order valence-electron chi connectivity index (χ3n) is 2.17. The number of rotatable bonds is 6. The molecule has 0 aliphatic rings. The van der Waals surface area contributed by atoms with E-state index in [1.54, 1.807) is 18.2 Å². The molecule has 0 atom stereocenters. The first-order valence-corrected chi connectivity index (χ1v) is 5.38. The van der Waals surface area contributed by atoms with Crippen molar-refractivity contribution in [3.63, 3.8) is 0 Å². The second-order valence-electron chi connectivity index (χ2n) is 3.37. The molecule has 0 bridgehead atoms. The molecule has 94 valence electrons. The van der Waals surface area contributed by atoms with Gasteiger partial charge in [0.05, 0.1) is 13.7 Å². The van der Waals surface area contributed by atoms with E-state index in [9.17, 15) is 4.79 Å². The van der Waals surface area contributed by atoms with Crippen LogP contribution in [-0.4, -0.2) is 31.3 Å². The van der Waals surface area contributed by atoms with Crippen molar-refractivity contribution in [3.8, 4) is 11.5 Å². The average molecular weight is 239 g/mol. The summed E-state index contributed by atoms with van der Waals surface area (Å²) in [6.07, 6.45) is 0. The second kappa shape index (κ2) is 6.75. The zero-order chi connectivity index (χ0) is 12.7. The van der Waals surface area contributed by atoms with Gasteiger partial charge < -0.3 is 19.9 Å². The molecule has 0 saturated carbocycles. The van der Waals surface area contributed by atoms with Gasteiger partial charge in [-0.25, -0.2) is 0 Å². The number of benzene rings is 1. The van der Waals surface area contributed by atoms with E-state index in [-0.39, 0.29) is 19.1 Å². The molecule has 0 unspecified atom stereocenters. The first-order chi connectivity index (χ1) is 8.21. The Labute approximate surface area is 100 Å². The Morgan fingerprint density at radius 2 is 2.24 bits per heavy atom. The SMILES string of the molecule is CCNC(=O)COc1ccc(CO)c(OC)c1. The van der Waals surface area contributed by atoms with Crippen molar-refractivity contribution in [1.82, 2.24) is 5.32 Å². The Morgan fingerprint density at radius 3 is 2.82 bits per heavy atom. The van der Waals surface area contributed by atoms with Gasteiger partial charge in [0, 0.05) is 18.2 Å². The molecule has 17 heavy (non-hydrogen) atoms. The lowest BCUT2D eigenvalue weighted by Crippen LogP contribution is -2.28. The van der Waals surface area contributed by atoms with E-state index in [0.29, 0.717) is 23.6 Å². The highest BCUT2D eigenvalue weighted by Crippen LogP contribution is 2.24. The molecular formula is C12H17NO4. The summed E-state index contributed by atoms with van der Waals surface area (Å²) in [5, 5.41) is 11.7. The largest absolute Gasteiger partial charge is 0.496 e. The molecule has 0 aliphatic carbocycles. The van der Waals surface area contributed by atoms with Crippen LogP contribution in [0.4, 0.5) is 0 Å². The average Bonchev–Trinajstić information content (AvgIpc) is 2.36. The summed E-state index contributed by atoms with van der Waals surface area (Å²) in [5.74, 6) is 0.906. The van der Waals surface area contributed by atoms with Gasteiger partial charge in [0.25, 0.3) is 5.91 Å². The van der Waals surface area contributed by atoms with Crippen LogP contribution in [0.3, 0.4) is 0 Å². The number of hydrogen-bond acceptors (Lipinski definition) is 4. The summed E-state index contributed by atoms with van der Waals surface area (Å²) in [6.45, 7) is 2.29. The van der Waals surface area contributed by atoms with E-state index in [1.165, 1.54) is 7.11 Å². The summed E-state index contributed by atoms with van der Waals surface area (Å²) in [6, 6.07) is 5.03. The molecule has 0 aromatic heterocycles. The van der Waals surface area contributed by atoms with Crippen molar-refractivity contribution in [1.29, 1.82) is 0 Å². The number of carbonyl (C=O) groups is 1. The van der Waals surface area contributed by atoms with Crippen LogP contribution < -0.4 is 14.8 Å². The number of aliphatic hydroxyl groups excluding tert-OH is 1. The van der Waals surface area contributed by atoms with Gasteiger partial charge in [-0.05, 0) is 19.1 Å². The summed E-state index contributed by atoms with van der Waals surface area (Å²) < 4.78 is 10.4. The highest BCUT2D eigenvalue weighted by Gasteiger charge is 2.06. The quantitative estimate of drug-likeness (QED) is 0.767. The monoisotopic (exact) mass is 239 g/mol. The van der Waals surface area contributed by atoms with Gasteiger partial charge in [-0.15, -0.1) is 0 Å². The molecule has 1 amide bonds. The van der Waals surface area contributed by atoms with Gasteiger partial charge in [-0.1, -0.05) is 0 Å². The van der Waals surface area contributed by atoms with Crippen LogP contribution in [0.1, 0.15) is 12.5 Å². The molecule has 0 saturated heterocycles. The fraction of sp³-hybridized carbons (Fsp3) is 0.417. The maximum atomic E-state index is 11.2.